The molecule has 1 unspecified atom stereocenters. The molecule has 142 valence electrons. The standard InChI is InChI=1S/C20H19N5O3/c26-17-5-1-4-15(7-17)20(28)24-11-16-10-22-13-25(16)18(12-24)19(27)23-9-14-3-2-6-21-8-14/h1-8,10,13,18,26H,9,11-12H2,(H,23,27). The zero-order valence-corrected chi connectivity index (χ0v) is 15.0. The molecule has 2 amide bonds. The maximum absolute atomic E-state index is 12.9. The van der Waals surface area contributed by atoms with Gasteiger partial charge in [0.1, 0.15) is 11.8 Å². The van der Waals surface area contributed by atoms with E-state index in [1.165, 1.54) is 12.1 Å². The smallest absolute Gasteiger partial charge is 0.254 e. The molecular weight excluding hydrogens is 358 g/mol. The fourth-order valence-corrected chi connectivity index (χ4v) is 3.29. The minimum absolute atomic E-state index is 0.0265. The Kier molecular flexibility index (Phi) is 4.76. The van der Waals surface area contributed by atoms with Crippen LogP contribution >= 0.6 is 0 Å². The highest BCUT2D eigenvalue weighted by atomic mass is 16.3. The SMILES string of the molecule is O=C(NCc1cccnc1)C1CN(C(=O)c2cccc(O)c2)Cc2cncn21. The molecule has 8 heteroatoms. The minimum Gasteiger partial charge on any atom is -0.508 e. The summed E-state index contributed by atoms with van der Waals surface area (Å²) in [7, 11) is 0. The summed E-state index contributed by atoms with van der Waals surface area (Å²) < 4.78 is 1.80. The number of aromatic hydroxyl groups is 1. The topological polar surface area (TPSA) is 100 Å². The van der Waals surface area contributed by atoms with Gasteiger partial charge in [-0.05, 0) is 29.8 Å². The van der Waals surface area contributed by atoms with E-state index in [1.54, 1.807) is 46.5 Å². The lowest BCUT2D eigenvalue weighted by molar-refractivity contribution is -0.125. The number of imidazole rings is 1. The van der Waals surface area contributed by atoms with Crippen molar-refractivity contribution < 1.29 is 14.7 Å². The van der Waals surface area contributed by atoms with E-state index in [0.717, 1.165) is 11.3 Å². The molecule has 3 aromatic rings. The van der Waals surface area contributed by atoms with Crippen LogP contribution < -0.4 is 5.32 Å². The van der Waals surface area contributed by atoms with Crippen LogP contribution in [0.25, 0.3) is 0 Å². The minimum atomic E-state index is -0.579. The predicted octanol–water partition coefficient (Wildman–Crippen LogP) is 1.50. The third-order valence-corrected chi connectivity index (χ3v) is 4.70. The summed E-state index contributed by atoms with van der Waals surface area (Å²) in [5.74, 6) is -0.413. The Morgan fingerprint density at radius 2 is 2.07 bits per heavy atom. The molecule has 1 atom stereocenters. The summed E-state index contributed by atoms with van der Waals surface area (Å²) in [6, 6.07) is 9.31. The molecule has 2 N–H and O–H groups in total. The molecule has 0 saturated carbocycles. The number of benzene rings is 1. The number of carbonyl (C=O) groups is 2. The number of hydrogen-bond acceptors (Lipinski definition) is 5. The molecule has 4 rings (SSSR count). The summed E-state index contributed by atoms with van der Waals surface area (Å²) in [5, 5.41) is 12.6. The number of pyridine rings is 1. The van der Waals surface area contributed by atoms with Gasteiger partial charge in [-0.1, -0.05) is 12.1 Å². The van der Waals surface area contributed by atoms with Crippen LogP contribution in [0.15, 0.2) is 61.3 Å². The Hall–Kier alpha value is -3.68. The summed E-state index contributed by atoms with van der Waals surface area (Å²) in [6.45, 7) is 0.922. The lowest BCUT2D eigenvalue weighted by Gasteiger charge is -2.33. The Balaban J connectivity index is 1.52. The average molecular weight is 377 g/mol. The van der Waals surface area contributed by atoms with Gasteiger partial charge < -0.3 is 19.9 Å². The molecule has 28 heavy (non-hydrogen) atoms. The van der Waals surface area contributed by atoms with E-state index in [4.69, 9.17) is 0 Å². The summed E-state index contributed by atoms with van der Waals surface area (Å²) in [6.07, 6.45) is 6.64. The van der Waals surface area contributed by atoms with E-state index >= 15 is 0 Å². The van der Waals surface area contributed by atoms with Gasteiger partial charge in [-0.25, -0.2) is 4.98 Å². The van der Waals surface area contributed by atoms with Gasteiger partial charge in [-0.15, -0.1) is 0 Å². The molecule has 8 nitrogen and oxygen atoms in total. The number of phenolic OH excluding ortho intramolecular Hbond substituents is 1. The van der Waals surface area contributed by atoms with E-state index in [2.05, 4.69) is 15.3 Å². The molecule has 3 heterocycles. The fraction of sp³-hybridized carbons (Fsp3) is 0.200. The number of rotatable bonds is 4. The Morgan fingerprint density at radius 3 is 2.86 bits per heavy atom. The number of aromatic nitrogens is 3. The highest BCUT2D eigenvalue weighted by molar-refractivity contribution is 5.95. The van der Waals surface area contributed by atoms with Gasteiger partial charge in [0.15, 0.2) is 0 Å². The van der Waals surface area contributed by atoms with E-state index < -0.39 is 6.04 Å². The molecule has 1 aromatic carbocycles. The van der Waals surface area contributed by atoms with Crippen molar-refractivity contribution in [1.82, 2.24) is 24.8 Å². The first kappa shape index (κ1) is 17.7. The van der Waals surface area contributed by atoms with Crippen molar-refractivity contribution in [1.29, 1.82) is 0 Å². The molecule has 2 aromatic heterocycles. The van der Waals surface area contributed by atoms with Crippen LogP contribution in [0.2, 0.25) is 0 Å². The van der Waals surface area contributed by atoms with E-state index in [0.29, 0.717) is 18.7 Å². The molecule has 0 saturated heterocycles. The number of carbonyl (C=O) groups excluding carboxylic acids is 2. The van der Waals surface area contributed by atoms with Crippen LogP contribution in [-0.2, 0) is 17.9 Å². The second kappa shape index (κ2) is 7.51. The molecule has 1 aliphatic heterocycles. The largest absolute Gasteiger partial charge is 0.508 e. The number of hydrogen-bond donors (Lipinski definition) is 2. The maximum atomic E-state index is 12.9. The van der Waals surface area contributed by atoms with Crippen molar-refractivity contribution >= 4 is 11.8 Å². The van der Waals surface area contributed by atoms with Crippen molar-refractivity contribution in [2.24, 2.45) is 0 Å². The van der Waals surface area contributed by atoms with Crippen molar-refractivity contribution in [3.05, 3.63) is 78.1 Å². The predicted molar refractivity (Wildman–Crippen MR) is 100 cm³/mol. The van der Waals surface area contributed by atoms with Gasteiger partial charge in [0.05, 0.1) is 25.1 Å². The lowest BCUT2D eigenvalue weighted by atomic mass is 10.1. The number of fused-ring (bicyclic) bond motifs is 1. The molecule has 0 spiro atoms. The first-order chi connectivity index (χ1) is 13.6. The third kappa shape index (κ3) is 3.57. The van der Waals surface area contributed by atoms with Gasteiger partial charge in [0.2, 0.25) is 5.91 Å². The van der Waals surface area contributed by atoms with Crippen LogP contribution in [0.1, 0.15) is 27.7 Å². The molecule has 0 aliphatic carbocycles. The van der Waals surface area contributed by atoms with Gasteiger partial charge in [-0.3, -0.25) is 14.6 Å². The van der Waals surface area contributed by atoms with Crippen LogP contribution in [-0.4, -0.2) is 42.9 Å². The molecule has 0 fully saturated rings. The number of phenols is 1. The quantitative estimate of drug-likeness (QED) is 0.718. The van der Waals surface area contributed by atoms with Gasteiger partial charge in [0.25, 0.3) is 5.91 Å². The van der Waals surface area contributed by atoms with E-state index in [9.17, 15) is 14.7 Å². The maximum Gasteiger partial charge on any atom is 0.254 e. The highest BCUT2D eigenvalue weighted by Gasteiger charge is 2.32. The number of amides is 2. The second-order valence-corrected chi connectivity index (χ2v) is 6.62. The molecule has 1 aliphatic rings. The Morgan fingerprint density at radius 1 is 1.18 bits per heavy atom. The van der Waals surface area contributed by atoms with Gasteiger partial charge >= 0.3 is 0 Å². The molecular formula is C20H19N5O3. The molecule has 0 bridgehead atoms. The van der Waals surface area contributed by atoms with Crippen molar-refractivity contribution in [2.45, 2.75) is 19.1 Å². The van der Waals surface area contributed by atoms with E-state index in [-0.39, 0.29) is 24.1 Å². The fourth-order valence-electron chi connectivity index (χ4n) is 3.29. The van der Waals surface area contributed by atoms with Crippen LogP contribution in [0.5, 0.6) is 5.75 Å². The first-order valence-corrected chi connectivity index (χ1v) is 8.87. The summed E-state index contributed by atoms with van der Waals surface area (Å²) in [5.41, 5.74) is 2.05. The lowest BCUT2D eigenvalue weighted by Crippen LogP contribution is -2.46. The van der Waals surface area contributed by atoms with Crippen molar-refractivity contribution in [3.63, 3.8) is 0 Å². The van der Waals surface area contributed by atoms with Crippen LogP contribution in [0.3, 0.4) is 0 Å². The summed E-state index contributed by atoms with van der Waals surface area (Å²) >= 11 is 0. The van der Waals surface area contributed by atoms with Crippen molar-refractivity contribution in [3.8, 4) is 5.75 Å². The van der Waals surface area contributed by atoms with Gasteiger partial charge in [0, 0.05) is 30.7 Å². The molecule has 0 radical (unpaired) electrons. The zero-order valence-electron chi connectivity index (χ0n) is 15.0. The monoisotopic (exact) mass is 377 g/mol. The zero-order chi connectivity index (χ0) is 19.5. The van der Waals surface area contributed by atoms with Crippen molar-refractivity contribution in [2.75, 3.05) is 6.54 Å². The third-order valence-electron chi connectivity index (χ3n) is 4.70. The summed E-state index contributed by atoms with van der Waals surface area (Å²) in [4.78, 5) is 35.5. The highest BCUT2D eigenvalue weighted by Crippen LogP contribution is 2.24. The Bertz CT molecular complexity index is 1000. The Labute approximate surface area is 161 Å². The normalized spacial score (nSPS) is 15.7. The second-order valence-electron chi connectivity index (χ2n) is 6.62. The average Bonchev–Trinajstić information content (AvgIpc) is 3.20. The first-order valence-electron chi connectivity index (χ1n) is 8.87. The number of nitrogens with one attached hydrogen (secondary N) is 1. The van der Waals surface area contributed by atoms with Crippen LogP contribution in [0.4, 0.5) is 0 Å². The number of nitrogens with zero attached hydrogens (tertiary/aromatic N) is 4. The van der Waals surface area contributed by atoms with E-state index in [1.807, 2.05) is 12.1 Å². The van der Waals surface area contributed by atoms with Gasteiger partial charge in [-0.2, -0.15) is 0 Å². The van der Waals surface area contributed by atoms with Crippen LogP contribution in [0, 0.1) is 0 Å².